The maximum atomic E-state index is 7.25. The Hall–Kier alpha value is -5.13. The van der Waals surface area contributed by atoms with E-state index < -0.39 is 17.2 Å². The Morgan fingerprint density at radius 1 is 0.360 bits per heavy atom. The molecule has 0 spiro atoms. The van der Waals surface area contributed by atoms with Crippen molar-refractivity contribution in [2.75, 3.05) is 0 Å². The van der Waals surface area contributed by atoms with Gasteiger partial charge in [0.2, 0.25) is 0 Å². The molecule has 256 valence electrons. The summed E-state index contributed by atoms with van der Waals surface area (Å²) in [4.78, 5) is 7.25. The maximum Gasteiger partial charge on any atom is 2.00 e. The van der Waals surface area contributed by atoms with E-state index in [0.29, 0.717) is 34.5 Å². The molecule has 0 fully saturated rings. The van der Waals surface area contributed by atoms with Gasteiger partial charge in [-0.3, -0.25) is 0 Å². The van der Waals surface area contributed by atoms with Gasteiger partial charge in [-0.1, -0.05) is 121 Å². The van der Waals surface area contributed by atoms with Crippen molar-refractivity contribution in [3.63, 3.8) is 0 Å². The number of nitroso groups, excluding NO2 is 1. The predicted octanol–water partition coefficient (Wildman–Crippen LogP) is 11.9. The van der Waals surface area contributed by atoms with Crippen molar-refractivity contribution in [2.45, 2.75) is 0 Å². The van der Waals surface area contributed by atoms with Gasteiger partial charge in [-0.05, 0) is 72.8 Å². The number of nitrogens with zero attached hydrogens (tertiary/aromatic N) is 2. The van der Waals surface area contributed by atoms with Gasteiger partial charge in [-0.15, -0.1) is 0 Å². The summed E-state index contributed by atoms with van der Waals surface area (Å²) >= 11 is 3.70. The molecular weight excluding hydrogens is 737 g/mol. The number of hydrogen-bond donors (Lipinski definition) is 0. The summed E-state index contributed by atoms with van der Waals surface area (Å²) in [6.07, 6.45) is 0. The molecule has 0 aliphatic carbocycles. The Bertz CT molecular complexity index is 1410. The summed E-state index contributed by atoms with van der Waals surface area (Å²) in [6.45, 7) is 0. The Morgan fingerprint density at radius 3 is 0.600 bits per heavy atom. The topological polar surface area (TPSA) is 117 Å². The van der Waals surface area contributed by atoms with E-state index in [1.807, 2.05) is 182 Å². The number of benzene rings is 6. The summed E-state index contributed by atoms with van der Waals surface area (Å²) in [7, 11) is -3.18. The van der Waals surface area contributed by atoms with E-state index in [1.165, 1.54) is 5.16 Å². The van der Waals surface area contributed by atoms with Gasteiger partial charge in [0.1, 0.15) is 34.5 Å². The third-order valence-electron chi connectivity index (χ3n) is 5.54. The first kappa shape index (κ1) is 41.0. The Balaban J connectivity index is 0.000000302. The minimum atomic E-state index is -1.59. The second-order valence-corrected chi connectivity index (χ2v) is 11.1. The number of thiocarbonyl (C=S) groups is 1. The van der Waals surface area contributed by atoms with Crippen LogP contribution in [0.3, 0.4) is 0 Å². The first-order valence-electron chi connectivity index (χ1n) is 14.4. The van der Waals surface area contributed by atoms with Crippen LogP contribution in [0.25, 0.3) is 11.0 Å². The summed E-state index contributed by atoms with van der Waals surface area (Å²) in [6, 6.07) is 57.0. The fraction of sp³-hybridized carbons (Fsp3) is 0. The first-order valence-corrected chi connectivity index (χ1v) is 17.0. The van der Waals surface area contributed by atoms with Gasteiger partial charge in [0, 0.05) is 0 Å². The van der Waals surface area contributed by atoms with Crippen molar-refractivity contribution in [3.8, 4) is 34.5 Å². The van der Waals surface area contributed by atoms with E-state index in [0.717, 1.165) is 0 Å². The molecule has 0 saturated heterocycles. The maximum absolute atomic E-state index is 7.25. The molecule has 0 saturated carbocycles. The standard InChI is InChI=1S/2C18H15O3P.CNS.NO.Ni/c2*1-4-10-16(11-5-1)19-22(20-17-12-6-2-7-13-17)21-18-14-8-3-9-15-18;2-1-3;1-2;/h2*1-15H;;;/q;;2*-1;+2. The van der Waals surface area contributed by atoms with Gasteiger partial charge in [0.15, 0.2) is 0 Å². The number of rotatable bonds is 12. The van der Waals surface area contributed by atoms with Gasteiger partial charge < -0.3 is 43.1 Å². The molecule has 13 heteroatoms. The van der Waals surface area contributed by atoms with Crippen LogP contribution in [-0.4, -0.2) is 5.16 Å². The van der Waals surface area contributed by atoms with Crippen molar-refractivity contribution >= 4 is 34.6 Å². The minimum Gasteiger partial charge on any atom is -0.753 e. The van der Waals surface area contributed by atoms with E-state index in [-0.39, 0.29) is 16.5 Å². The van der Waals surface area contributed by atoms with Gasteiger partial charge >= 0.3 is 33.7 Å². The van der Waals surface area contributed by atoms with Crippen LogP contribution in [0.2, 0.25) is 0 Å². The molecule has 6 rings (SSSR count). The molecule has 0 bridgehead atoms. The molecule has 6 aromatic rings. The second-order valence-electron chi connectivity index (χ2n) is 8.96. The Kier molecular flexibility index (Phi) is 21.2. The average Bonchev–Trinajstić information content (AvgIpc) is 3.16. The SMILES string of the molecule is [N-]=C=S.[N-]=O.[Ni+2].c1ccc(OP(Oc2ccccc2)Oc2ccccc2)cc1.c1ccc(OP(Oc2ccccc2)Oc2ccccc2)cc1. The monoisotopic (exact) mass is 766 g/mol. The second kappa shape index (κ2) is 25.8. The largest absolute Gasteiger partial charge is 2.00 e. The molecule has 0 amide bonds. The fourth-order valence-electron chi connectivity index (χ4n) is 3.52. The third kappa shape index (κ3) is 16.8. The van der Waals surface area contributed by atoms with Gasteiger partial charge in [-0.25, -0.2) is 0 Å². The molecule has 0 atom stereocenters. The van der Waals surface area contributed by atoms with Crippen LogP contribution in [0.4, 0.5) is 0 Å². The molecule has 9 nitrogen and oxygen atoms in total. The van der Waals surface area contributed by atoms with E-state index in [9.17, 15) is 0 Å². The molecule has 50 heavy (non-hydrogen) atoms. The quantitative estimate of drug-likeness (QED) is 0.0523. The molecule has 0 aliphatic heterocycles. The van der Waals surface area contributed by atoms with E-state index in [4.69, 9.17) is 43.1 Å². The number of hydrogen-bond acceptors (Lipinski definition) is 8. The zero-order valence-electron chi connectivity index (χ0n) is 26.2. The van der Waals surface area contributed by atoms with Crippen molar-refractivity contribution in [3.05, 3.63) is 198 Å². The molecule has 0 aromatic heterocycles. The van der Waals surface area contributed by atoms with Crippen LogP contribution in [0.15, 0.2) is 182 Å². The minimum absolute atomic E-state index is 0. The Morgan fingerprint density at radius 2 is 0.480 bits per heavy atom. The van der Waals surface area contributed by atoms with Crippen molar-refractivity contribution < 1.29 is 43.6 Å². The molecule has 0 radical (unpaired) electrons. The van der Waals surface area contributed by atoms with Crippen molar-refractivity contribution in [1.82, 2.24) is 0 Å². The van der Waals surface area contributed by atoms with Crippen LogP contribution in [-0.2, 0) is 16.5 Å². The smallest absolute Gasteiger partial charge is 0.753 e. The summed E-state index contributed by atoms with van der Waals surface area (Å²) < 4.78 is 35.1. The molecule has 0 aliphatic rings. The normalized spacial score (nSPS) is 9.24. The third-order valence-corrected chi connectivity index (χ3v) is 7.70. The zero-order valence-corrected chi connectivity index (χ0v) is 29.8. The molecule has 6 aromatic carbocycles. The predicted molar refractivity (Wildman–Crippen MR) is 199 cm³/mol. The molecule has 0 N–H and O–H groups in total. The Labute approximate surface area is 309 Å². The van der Waals surface area contributed by atoms with Crippen molar-refractivity contribution in [2.24, 2.45) is 0 Å². The molecule has 0 unspecified atom stereocenters. The van der Waals surface area contributed by atoms with Crippen molar-refractivity contribution in [1.29, 1.82) is 0 Å². The van der Waals surface area contributed by atoms with Gasteiger partial charge in [0.05, 0.1) is 0 Å². The molecular formula is C37H30N2NiO7P2S. The number of isothiocyanates is 1. The first-order chi connectivity index (χ1) is 24.2. The van der Waals surface area contributed by atoms with Gasteiger partial charge in [-0.2, -0.15) is 5.16 Å². The summed E-state index contributed by atoms with van der Waals surface area (Å²) in [5.41, 5.74) is 5.75. The van der Waals surface area contributed by atoms with Crippen LogP contribution in [0.5, 0.6) is 34.5 Å². The van der Waals surface area contributed by atoms with Crippen LogP contribution < -0.4 is 27.1 Å². The molecule has 0 heterocycles. The number of para-hydroxylation sites is 6. The van der Waals surface area contributed by atoms with Crippen LogP contribution in [0, 0.1) is 4.91 Å². The summed E-state index contributed by atoms with van der Waals surface area (Å²) in [5.74, 6) is 4.25. The average molecular weight is 767 g/mol. The van der Waals surface area contributed by atoms with Crippen LogP contribution in [0.1, 0.15) is 0 Å². The van der Waals surface area contributed by atoms with E-state index >= 15 is 0 Å². The van der Waals surface area contributed by atoms with E-state index in [1.54, 1.807) is 0 Å². The summed E-state index contributed by atoms with van der Waals surface area (Å²) in [5, 5.41) is 8.47. The van der Waals surface area contributed by atoms with Crippen LogP contribution >= 0.6 is 29.4 Å². The fourth-order valence-corrected chi connectivity index (χ4v) is 5.50. The zero-order chi connectivity index (χ0) is 34.8. The van der Waals surface area contributed by atoms with Gasteiger partial charge in [0.25, 0.3) is 0 Å². The van der Waals surface area contributed by atoms with E-state index in [2.05, 4.69) is 12.2 Å².